The number of aliphatic hydroxyl groups is 1. The number of imidazole rings is 1. The van der Waals surface area contributed by atoms with Gasteiger partial charge in [0.25, 0.3) is 0 Å². The predicted octanol–water partition coefficient (Wildman–Crippen LogP) is 2.88. The topological polar surface area (TPSA) is 74.5 Å². The van der Waals surface area contributed by atoms with Gasteiger partial charge < -0.3 is 15.7 Å². The number of piperidine rings is 1. The fourth-order valence-electron chi connectivity index (χ4n) is 3.98. The van der Waals surface area contributed by atoms with Crippen molar-refractivity contribution in [2.45, 2.75) is 44.0 Å². The van der Waals surface area contributed by atoms with Crippen molar-refractivity contribution in [3.63, 3.8) is 0 Å². The Morgan fingerprint density at radius 2 is 2.18 bits per heavy atom. The van der Waals surface area contributed by atoms with Crippen molar-refractivity contribution in [1.29, 1.82) is 0 Å². The van der Waals surface area contributed by atoms with Crippen molar-refractivity contribution >= 4 is 11.5 Å². The minimum atomic E-state index is -0.875. The van der Waals surface area contributed by atoms with Gasteiger partial charge in [0.2, 0.25) is 0 Å². The highest BCUT2D eigenvalue weighted by Gasteiger charge is 2.27. The molecule has 1 saturated carbocycles. The van der Waals surface area contributed by atoms with Crippen LogP contribution in [-0.4, -0.2) is 44.8 Å². The summed E-state index contributed by atoms with van der Waals surface area (Å²) in [6.45, 7) is 1.34. The molecule has 28 heavy (non-hydrogen) atoms. The molecule has 0 bridgehead atoms. The number of anilines is 1. The van der Waals surface area contributed by atoms with Crippen LogP contribution in [-0.2, 0) is 6.61 Å². The first-order valence-corrected chi connectivity index (χ1v) is 9.92. The molecule has 146 valence electrons. The summed E-state index contributed by atoms with van der Waals surface area (Å²) in [6, 6.07) is 7.43. The zero-order valence-electron chi connectivity index (χ0n) is 15.6. The van der Waals surface area contributed by atoms with Gasteiger partial charge in [-0.15, -0.1) is 0 Å². The van der Waals surface area contributed by atoms with Gasteiger partial charge in [-0.05, 0) is 61.1 Å². The van der Waals surface area contributed by atoms with E-state index in [1.165, 1.54) is 18.4 Å². The molecule has 3 aromatic heterocycles. The summed E-state index contributed by atoms with van der Waals surface area (Å²) in [5.41, 5.74) is 4.62. The van der Waals surface area contributed by atoms with Gasteiger partial charge in [0.1, 0.15) is 17.6 Å². The number of hydrogen-bond acceptors (Lipinski definition) is 5. The summed E-state index contributed by atoms with van der Waals surface area (Å²) in [4.78, 5) is 9.21. The minimum absolute atomic E-state index is 0.0298. The van der Waals surface area contributed by atoms with E-state index in [4.69, 9.17) is 4.98 Å². The summed E-state index contributed by atoms with van der Waals surface area (Å²) in [6.07, 6.45) is 5.87. The Bertz CT molecular complexity index is 1000. The number of rotatable bonds is 5. The molecule has 2 fully saturated rings. The zero-order chi connectivity index (χ0) is 19.1. The molecule has 1 aliphatic heterocycles. The Hall–Kier alpha value is -2.51. The van der Waals surface area contributed by atoms with Crippen LogP contribution in [0.1, 0.15) is 36.3 Å². The fourth-order valence-corrected chi connectivity index (χ4v) is 3.98. The molecule has 0 unspecified atom stereocenters. The lowest BCUT2D eigenvalue weighted by Gasteiger charge is -2.28. The quantitative estimate of drug-likeness (QED) is 0.634. The first-order chi connectivity index (χ1) is 13.7. The van der Waals surface area contributed by atoms with Crippen molar-refractivity contribution in [3.8, 4) is 11.4 Å². The van der Waals surface area contributed by atoms with E-state index >= 15 is 0 Å². The first kappa shape index (κ1) is 17.6. The van der Waals surface area contributed by atoms with Crippen molar-refractivity contribution in [1.82, 2.24) is 19.7 Å². The summed E-state index contributed by atoms with van der Waals surface area (Å²) in [5, 5.41) is 16.1. The second kappa shape index (κ2) is 7.14. The molecule has 0 amide bonds. The molecule has 3 N–H and O–H groups in total. The van der Waals surface area contributed by atoms with Gasteiger partial charge in [0, 0.05) is 12.7 Å². The molecule has 5 rings (SSSR count). The van der Waals surface area contributed by atoms with Gasteiger partial charge in [-0.25, -0.2) is 14.4 Å². The maximum Gasteiger partial charge on any atom is 0.137 e. The van der Waals surface area contributed by atoms with Gasteiger partial charge in [-0.2, -0.15) is 0 Å². The SMILES string of the molecule is OCc1cc2ncc(-c3cccc(N[C@H]4CNCC[C@@H]4F)n3)n2cc1C1CC1. The maximum absolute atomic E-state index is 14.1. The van der Waals surface area contributed by atoms with Gasteiger partial charge >= 0.3 is 0 Å². The molecule has 2 aliphatic rings. The highest BCUT2D eigenvalue weighted by Crippen LogP contribution is 2.42. The second-order valence-electron chi connectivity index (χ2n) is 7.73. The Balaban J connectivity index is 1.49. The lowest BCUT2D eigenvalue weighted by Crippen LogP contribution is -2.46. The van der Waals surface area contributed by atoms with Gasteiger partial charge in [0.05, 0.1) is 30.2 Å². The summed E-state index contributed by atoms with van der Waals surface area (Å²) in [5.74, 6) is 1.20. The van der Waals surface area contributed by atoms with Gasteiger partial charge in [-0.1, -0.05) is 6.07 Å². The number of aliphatic hydroxyl groups excluding tert-OH is 1. The van der Waals surface area contributed by atoms with Crippen LogP contribution in [0.4, 0.5) is 10.2 Å². The number of halogens is 1. The third kappa shape index (κ3) is 3.25. The lowest BCUT2D eigenvalue weighted by atomic mass is 10.1. The molecule has 0 radical (unpaired) electrons. The second-order valence-corrected chi connectivity index (χ2v) is 7.73. The molecular formula is C21H24FN5O. The van der Waals surface area contributed by atoms with Crippen LogP contribution in [0.5, 0.6) is 0 Å². The van der Waals surface area contributed by atoms with E-state index in [1.54, 1.807) is 6.20 Å². The van der Waals surface area contributed by atoms with E-state index in [-0.39, 0.29) is 12.6 Å². The van der Waals surface area contributed by atoms with E-state index < -0.39 is 6.17 Å². The third-order valence-electron chi connectivity index (χ3n) is 5.70. The number of aromatic nitrogens is 3. The van der Waals surface area contributed by atoms with Crippen molar-refractivity contribution in [2.24, 2.45) is 0 Å². The maximum atomic E-state index is 14.1. The number of fused-ring (bicyclic) bond motifs is 1. The molecule has 1 aliphatic carbocycles. The van der Waals surface area contributed by atoms with Gasteiger partial charge in [-0.3, -0.25) is 4.40 Å². The van der Waals surface area contributed by atoms with Crippen molar-refractivity contribution < 1.29 is 9.50 Å². The Kier molecular flexibility index (Phi) is 4.49. The van der Waals surface area contributed by atoms with Crippen LogP contribution < -0.4 is 10.6 Å². The smallest absolute Gasteiger partial charge is 0.137 e. The molecule has 2 atom stereocenters. The third-order valence-corrected chi connectivity index (χ3v) is 5.70. The van der Waals surface area contributed by atoms with E-state index in [9.17, 15) is 9.50 Å². The number of alkyl halides is 1. The van der Waals surface area contributed by atoms with Crippen LogP contribution in [0.3, 0.4) is 0 Å². The number of pyridine rings is 2. The largest absolute Gasteiger partial charge is 0.392 e. The van der Waals surface area contributed by atoms with E-state index in [0.29, 0.717) is 31.2 Å². The van der Waals surface area contributed by atoms with Crippen LogP contribution in [0.15, 0.2) is 36.7 Å². The van der Waals surface area contributed by atoms with E-state index in [1.807, 2.05) is 28.7 Å². The van der Waals surface area contributed by atoms with Crippen LogP contribution in [0, 0.1) is 0 Å². The monoisotopic (exact) mass is 381 g/mol. The molecular weight excluding hydrogens is 357 g/mol. The molecule has 0 spiro atoms. The Morgan fingerprint density at radius 3 is 2.96 bits per heavy atom. The first-order valence-electron chi connectivity index (χ1n) is 9.92. The molecule has 0 aromatic carbocycles. The van der Waals surface area contributed by atoms with E-state index in [0.717, 1.165) is 22.6 Å². The highest BCUT2D eigenvalue weighted by molar-refractivity contribution is 5.63. The lowest BCUT2D eigenvalue weighted by molar-refractivity contribution is 0.241. The van der Waals surface area contributed by atoms with E-state index in [2.05, 4.69) is 21.8 Å². The molecule has 6 nitrogen and oxygen atoms in total. The summed E-state index contributed by atoms with van der Waals surface area (Å²) in [7, 11) is 0. The normalized spacial score (nSPS) is 22.5. The van der Waals surface area contributed by atoms with Crippen molar-refractivity contribution in [3.05, 3.63) is 47.8 Å². The number of nitrogens with one attached hydrogen (secondary N) is 2. The number of nitrogens with zero attached hydrogens (tertiary/aromatic N) is 3. The number of hydrogen-bond donors (Lipinski definition) is 3. The standard InChI is InChI=1S/C21H24FN5O/c22-16-6-7-23-9-18(16)26-20-3-1-2-17(25-20)19-10-24-21-8-14(12-28)15(11-27(19)21)13-4-5-13/h1-3,8,10-11,13,16,18,23,28H,4-7,9,12H2,(H,25,26)/t16-,18-/m0/s1. The fraction of sp³-hybridized carbons (Fsp3) is 0.429. The van der Waals surface area contributed by atoms with Crippen LogP contribution in [0.2, 0.25) is 0 Å². The molecule has 3 aromatic rings. The Labute approximate surface area is 162 Å². The summed E-state index contributed by atoms with van der Waals surface area (Å²) < 4.78 is 16.2. The molecule has 7 heteroatoms. The minimum Gasteiger partial charge on any atom is -0.392 e. The molecule has 1 saturated heterocycles. The Morgan fingerprint density at radius 1 is 1.29 bits per heavy atom. The van der Waals surface area contributed by atoms with Gasteiger partial charge in [0.15, 0.2) is 0 Å². The average molecular weight is 381 g/mol. The predicted molar refractivity (Wildman–Crippen MR) is 106 cm³/mol. The molecule has 4 heterocycles. The van der Waals surface area contributed by atoms with Crippen LogP contribution >= 0.6 is 0 Å². The zero-order valence-corrected chi connectivity index (χ0v) is 15.6. The summed E-state index contributed by atoms with van der Waals surface area (Å²) >= 11 is 0. The highest BCUT2D eigenvalue weighted by atomic mass is 19.1. The average Bonchev–Trinajstić information content (AvgIpc) is 3.48. The van der Waals surface area contributed by atoms with Crippen molar-refractivity contribution in [2.75, 3.05) is 18.4 Å². The van der Waals surface area contributed by atoms with Crippen LogP contribution in [0.25, 0.3) is 17.0 Å².